The third kappa shape index (κ3) is 5.86. The molecule has 0 atom stereocenters. The summed E-state index contributed by atoms with van der Waals surface area (Å²) in [5.41, 5.74) is 0.986. The third-order valence-corrected chi connectivity index (χ3v) is 4.30. The zero-order chi connectivity index (χ0) is 16.7. The highest BCUT2D eigenvalue weighted by atomic mass is 16.5. The Morgan fingerprint density at radius 3 is 2.74 bits per heavy atom. The first-order valence-electron chi connectivity index (χ1n) is 8.74. The second-order valence-electron chi connectivity index (χ2n) is 6.70. The lowest BCUT2D eigenvalue weighted by Gasteiger charge is -2.29. The minimum Gasteiger partial charge on any atom is -0.359 e. The van der Waals surface area contributed by atoms with Crippen LogP contribution in [0.15, 0.2) is 15.6 Å². The number of nitrogens with zero attached hydrogens (tertiary/aromatic N) is 3. The van der Waals surface area contributed by atoms with Crippen molar-refractivity contribution in [1.29, 1.82) is 0 Å². The van der Waals surface area contributed by atoms with E-state index in [2.05, 4.69) is 53.5 Å². The van der Waals surface area contributed by atoms with Crippen LogP contribution in [0.4, 0.5) is 0 Å². The number of guanidine groups is 1. The van der Waals surface area contributed by atoms with Gasteiger partial charge in [-0.05, 0) is 51.7 Å². The third-order valence-electron chi connectivity index (χ3n) is 4.30. The Morgan fingerprint density at radius 1 is 1.39 bits per heavy atom. The Labute approximate surface area is 139 Å². The minimum atomic E-state index is 0.382. The summed E-state index contributed by atoms with van der Waals surface area (Å²) in [6.45, 7) is 11.0. The molecule has 2 heterocycles. The number of piperidine rings is 1. The van der Waals surface area contributed by atoms with Crippen molar-refractivity contribution in [3.05, 3.63) is 17.5 Å². The summed E-state index contributed by atoms with van der Waals surface area (Å²) in [5.74, 6) is 2.78. The molecule has 2 N–H and O–H groups in total. The van der Waals surface area contributed by atoms with Crippen LogP contribution in [0, 0.1) is 5.92 Å². The molecule has 6 nitrogen and oxygen atoms in total. The maximum Gasteiger partial charge on any atom is 0.191 e. The summed E-state index contributed by atoms with van der Waals surface area (Å²) in [6.07, 6.45) is 2.51. The first kappa shape index (κ1) is 17.8. The molecular formula is C17H31N5O. The van der Waals surface area contributed by atoms with Gasteiger partial charge in [-0.15, -0.1) is 0 Å². The number of rotatable bonds is 6. The molecule has 1 aliphatic heterocycles. The van der Waals surface area contributed by atoms with Crippen LogP contribution in [0.2, 0.25) is 0 Å². The largest absolute Gasteiger partial charge is 0.359 e. The van der Waals surface area contributed by atoms with Gasteiger partial charge in [-0.3, -0.25) is 0 Å². The SMILES string of the molecule is CCNC(=NCc1cc(C(C)C)no1)NCC1CCN(C)CC1. The average molecular weight is 321 g/mol. The maximum absolute atomic E-state index is 5.34. The van der Waals surface area contributed by atoms with Crippen LogP contribution in [0.5, 0.6) is 0 Å². The van der Waals surface area contributed by atoms with Crippen molar-refractivity contribution >= 4 is 5.96 Å². The Morgan fingerprint density at radius 2 is 2.13 bits per heavy atom. The van der Waals surface area contributed by atoms with Crippen LogP contribution in [0.25, 0.3) is 0 Å². The van der Waals surface area contributed by atoms with Crippen molar-refractivity contribution in [2.24, 2.45) is 10.9 Å². The lowest BCUT2D eigenvalue weighted by atomic mass is 9.97. The molecule has 1 fully saturated rings. The summed E-state index contributed by atoms with van der Waals surface area (Å²) >= 11 is 0. The van der Waals surface area contributed by atoms with E-state index in [1.165, 1.54) is 25.9 Å². The molecule has 1 aromatic rings. The number of hydrogen-bond donors (Lipinski definition) is 2. The van der Waals surface area contributed by atoms with E-state index in [9.17, 15) is 0 Å². The van der Waals surface area contributed by atoms with E-state index in [1.807, 2.05) is 6.07 Å². The summed E-state index contributed by atoms with van der Waals surface area (Å²) in [5, 5.41) is 10.8. The summed E-state index contributed by atoms with van der Waals surface area (Å²) < 4.78 is 5.34. The highest BCUT2D eigenvalue weighted by Crippen LogP contribution is 2.15. The number of likely N-dealkylation sites (tertiary alicyclic amines) is 1. The first-order chi connectivity index (χ1) is 11.1. The van der Waals surface area contributed by atoms with E-state index in [-0.39, 0.29) is 0 Å². The maximum atomic E-state index is 5.34. The van der Waals surface area contributed by atoms with Crippen molar-refractivity contribution in [3.8, 4) is 0 Å². The predicted octanol–water partition coefficient (Wildman–Crippen LogP) is 2.19. The smallest absolute Gasteiger partial charge is 0.191 e. The highest BCUT2D eigenvalue weighted by molar-refractivity contribution is 5.79. The van der Waals surface area contributed by atoms with Crippen LogP contribution in [0.1, 0.15) is 51.0 Å². The Bertz CT molecular complexity index is 489. The van der Waals surface area contributed by atoms with Gasteiger partial charge < -0.3 is 20.1 Å². The Balaban J connectivity index is 1.83. The summed E-state index contributed by atoms with van der Waals surface area (Å²) in [4.78, 5) is 7.00. The van der Waals surface area contributed by atoms with E-state index < -0.39 is 0 Å². The number of hydrogen-bond acceptors (Lipinski definition) is 4. The van der Waals surface area contributed by atoms with Crippen molar-refractivity contribution in [2.45, 2.75) is 46.1 Å². The van der Waals surface area contributed by atoms with Gasteiger partial charge in [0.05, 0.1) is 5.69 Å². The van der Waals surface area contributed by atoms with Crippen LogP contribution in [0.3, 0.4) is 0 Å². The van der Waals surface area contributed by atoms with Gasteiger partial charge in [0, 0.05) is 19.2 Å². The molecule has 1 aromatic heterocycles. The van der Waals surface area contributed by atoms with Crippen LogP contribution in [-0.2, 0) is 6.54 Å². The monoisotopic (exact) mass is 321 g/mol. The first-order valence-corrected chi connectivity index (χ1v) is 8.74. The molecule has 0 bridgehead atoms. The molecule has 2 rings (SSSR count). The van der Waals surface area contributed by atoms with E-state index in [0.29, 0.717) is 12.5 Å². The molecule has 1 saturated heterocycles. The molecule has 130 valence electrons. The normalized spacial score (nSPS) is 17.7. The van der Waals surface area contributed by atoms with Gasteiger partial charge in [-0.2, -0.15) is 0 Å². The van der Waals surface area contributed by atoms with Gasteiger partial charge in [0.1, 0.15) is 6.54 Å². The highest BCUT2D eigenvalue weighted by Gasteiger charge is 2.16. The number of aliphatic imine (C=N–C) groups is 1. The fourth-order valence-corrected chi connectivity index (χ4v) is 2.68. The lowest BCUT2D eigenvalue weighted by molar-refractivity contribution is 0.220. The van der Waals surface area contributed by atoms with Crippen molar-refractivity contribution in [1.82, 2.24) is 20.7 Å². The molecule has 23 heavy (non-hydrogen) atoms. The molecule has 0 radical (unpaired) electrons. The molecular weight excluding hydrogens is 290 g/mol. The fourth-order valence-electron chi connectivity index (χ4n) is 2.68. The molecule has 1 aliphatic rings. The second-order valence-corrected chi connectivity index (χ2v) is 6.70. The van der Waals surface area contributed by atoms with Gasteiger partial charge in [0.2, 0.25) is 0 Å². The van der Waals surface area contributed by atoms with E-state index in [4.69, 9.17) is 4.52 Å². The van der Waals surface area contributed by atoms with E-state index in [1.54, 1.807) is 0 Å². The molecule has 0 aromatic carbocycles. The number of nitrogens with one attached hydrogen (secondary N) is 2. The van der Waals surface area contributed by atoms with Crippen LogP contribution >= 0.6 is 0 Å². The number of aromatic nitrogens is 1. The van der Waals surface area contributed by atoms with Crippen LogP contribution in [-0.4, -0.2) is 49.2 Å². The van der Waals surface area contributed by atoms with Gasteiger partial charge >= 0.3 is 0 Å². The fraction of sp³-hybridized carbons (Fsp3) is 0.765. The minimum absolute atomic E-state index is 0.382. The molecule has 0 saturated carbocycles. The molecule has 6 heteroatoms. The second kappa shape index (κ2) is 8.91. The molecule has 0 aliphatic carbocycles. The van der Waals surface area contributed by atoms with Gasteiger partial charge in [-0.1, -0.05) is 19.0 Å². The zero-order valence-corrected chi connectivity index (χ0v) is 14.9. The standard InChI is InChI=1S/C17H31N5O/c1-5-18-17(19-11-14-6-8-22(4)9-7-14)20-12-15-10-16(13(2)3)21-23-15/h10,13-14H,5-9,11-12H2,1-4H3,(H2,18,19,20). The quantitative estimate of drug-likeness (QED) is 0.621. The lowest BCUT2D eigenvalue weighted by Crippen LogP contribution is -2.42. The molecule has 0 unspecified atom stereocenters. The van der Waals surface area contributed by atoms with E-state index >= 15 is 0 Å². The van der Waals surface area contributed by atoms with Crippen molar-refractivity contribution in [3.63, 3.8) is 0 Å². The topological polar surface area (TPSA) is 65.7 Å². The van der Waals surface area contributed by atoms with Crippen molar-refractivity contribution in [2.75, 3.05) is 33.2 Å². The van der Waals surface area contributed by atoms with Gasteiger partial charge in [0.15, 0.2) is 11.7 Å². The van der Waals surface area contributed by atoms with Crippen LogP contribution < -0.4 is 10.6 Å². The summed E-state index contributed by atoms with van der Waals surface area (Å²) in [6, 6.07) is 1.99. The zero-order valence-electron chi connectivity index (χ0n) is 14.9. The predicted molar refractivity (Wildman–Crippen MR) is 93.6 cm³/mol. The van der Waals surface area contributed by atoms with Gasteiger partial charge in [0.25, 0.3) is 0 Å². The Kier molecular flexibility index (Phi) is 6.89. The van der Waals surface area contributed by atoms with E-state index in [0.717, 1.165) is 36.4 Å². The van der Waals surface area contributed by atoms with Crippen molar-refractivity contribution < 1.29 is 4.52 Å². The summed E-state index contributed by atoms with van der Waals surface area (Å²) in [7, 11) is 2.19. The van der Waals surface area contributed by atoms with Gasteiger partial charge in [-0.25, -0.2) is 4.99 Å². The molecule has 0 amide bonds. The Hall–Kier alpha value is -1.56. The average Bonchev–Trinajstić information content (AvgIpc) is 3.01. The molecule has 0 spiro atoms.